The van der Waals surface area contributed by atoms with Gasteiger partial charge in [0, 0.05) is 13.7 Å². The smallest absolute Gasteiger partial charge is 0.0742 e. The SMILES string of the molecule is CC(O)CO.CCCCC(CC)COC. The summed E-state index contributed by atoms with van der Waals surface area (Å²) in [7, 11) is 1.79. The van der Waals surface area contributed by atoms with Gasteiger partial charge in [-0.25, -0.2) is 0 Å². The summed E-state index contributed by atoms with van der Waals surface area (Å²) in [4.78, 5) is 0. The summed E-state index contributed by atoms with van der Waals surface area (Å²) >= 11 is 0. The molecule has 0 aliphatic rings. The predicted molar refractivity (Wildman–Crippen MR) is 63.9 cm³/mol. The summed E-state index contributed by atoms with van der Waals surface area (Å²) in [5, 5.41) is 16.0. The highest BCUT2D eigenvalue weighted by Gasteiger charge is 2.03. The lowest BCUT2D eigenvalue weighted by Crippen LogP contribution is -2.06. The molecule has 15 heavy (non-hydrogen) atoms. The van der Waals surface area contributed by atoms with E-state index in [1.807, 2.05) is 0 Å². The van der Waals surface area contributed by atoms with Crippen LogP contribution in [0.15, 0.2) is 0 Å². The molecular formula is C12H28O3. The number of hydrogen-bond donors (Lipinski definition) is 2. The van der Waals surface area contributed by atoms with Gasteiger partial charge in [0.1, 0.15) is 0 Å². The third-order valence-corrected chi connectivity index (χ3v) is 2.21. The van der Waals surface area contributed by atoms with Crippen molar-refractivity contribution in [2.45, 2.75) is 52.6 Å². The van der Waals surface area contributed by atoms with E-state index in [9.17, 15) is 0 Å². The molecule has 94 valence electrons. The van der Waals surface area contributed by atoms with Gasteiger partial charge in [0.25, 0.3) is 0 Å². The molecule has 2 atom stereocenters. The molecule has 0 heterocycles. The van der Waals surface area contributed by atoms with Crippen LogP contribution < -0.4 is 0 Å². The number of aliphatic hydroxyl groups is 2. The average Bonchev–Trinajstić information content (AvgIpc) is 2.25. The highest BCUT2D eigenvalue weighted by atomic mass is 16.5. The van der Waals surface area contributed by atoms with Crippen molar-refractivity contribution >= 4 is 0 Å². The third-order valence-electron chi connectivity index (χ3n) is 2.21. The van der Waals surface area contributed by atoms with E-state index in [0.717, 1.165) is 12.5 Å². The number of unbranched alkanes of at least 4 members (excludes halogenated alkanes) is 1. The van der Waals surface area contributed by atoms with Crippen molar-refractivity contribution in [3.63, 3.8) is 0 Å². The van der Waals surface area contributed by atoms with Crippen molar-refractivity contribution in [3.8, 4) is 0 Å². The maximum Gasteiger partial charge on any atom is 0.0742 e. The van der Waals surface area contributed by atoms with Gasteiger partial charge < -0.3 is 14.9 Å². The molecule has 2 N–H and O–H groups in total. The van der Waals surface area contributed by atoms with E-state index >= 15 is 0 Å². The first-order chi connectivity index (χ1) is 7.12. The molecule has 3 nitrogen and oxygen atoms in total. The highest BCUT2D eigenvalue weighted by molar-refractivity contribution is 4.54. The Morgan fingerprint density at radius 2 is 1.80 bits per heavy atom. The van der Waals surface area contributed by atoms with Crippen LogP contribution in [-0.4, -0.2) is 36.6 Å². The van der Waals surface area contributed by atoms with Gasteiger partial charge in [-0.05, 0) is 19.3 Å². The van der Waals surface area contributed by atoms with Gasteiger partial charge in [-0.1, -0.05) is 33.1 Å². The standard InChI is InChI=1S/C9H20O.C3H8O2/c1-4-6-7-9(5-2)8-10-3;1-3(5)2-4/h9H,4-8H2,1-3H3;3-5H,2H2,1H3. The zero-order chi connectivity index (χ0) is 12.1. The number of hydrogen-bond acceptors (Lipinski definition) is 3. The number of methoxy groups -OCH3 is 1. The lowest BCUT2D eigenvalue weighted by Gasteiger charge is -2.11. The van der Waals surface area contributed by atoms with Crippen LogP contribution in [0.5, 0.6) is 0 Å². The Morgan fingerprint density at radius 1 is 1.27 bits per heavy atom. The Morgan fingerprint density at radius 3 is 2.07 bits per heavy atom. The summed E-state index contributed by atoms with van der Waals surface area (Å²) < 4.78 is 5.09. The molecule has 0 aliphatic carbocycles. The first-order valence-electron chi connectivity index (χ1n) is 5.90. The zero-order valence-electron chi connectivity index (χ0n) is 10.7. The number of rotatable bonds is 7. The topological polar surface area (TPSA) is 49.7 Å². The largest absolute Gasteiger partial charge is 0.394 e. The zero-order valence-corrected chi connectivity index (χ0v) is 10.7. The minimum Gasteiger partial charge on any atom is -0.394 e. The van der Waals surface area contributed by atoms with Gasteiger partial charge in [0.15, 0.2) is 0 Å². The van der Waals surface area contributed by atoms with E-state index in [1.165, 1.54) is 32.6 Å². The summed E-state index contributed by atoms with van der Waals surface area (Å²) in [6.45, 7) is 6.80. The van der Waals surface area contributed by atoms with Crippen LogP contribution in [0.1, 0.15) is 46.5 Å². The maximum absolute atomic E-state index is 8.11. The van der Waals surface area contributed by atoms with E-state index in [0.29, 0.717) is 0 Å². The van der Waals surface area contributed by atoms with Crippen LogP contribution in [-0.2, 0) is 4.74 Å². The fourth-order valence-electron chi connectivity index (χ4n) is 1.13. The normalized spacial score (nSPS) is 14.0. The molecule has 0 saturated carbocycles. The lowest BCUT2D eigenvalue weighted by atomic mass is 10.0. The predicted octanol–water partition coefficient (Wildman–Crippen LogP) is 2.21. The van der Waals surface area contributed by atoms with E-state index < -0.39 is 6.10 Å². The van der Waals surface area contributed by atoms with Crippen LogP contribution >= 0.6 is 0 Å². The number of aliphatic hydroxyl groups excluding tert-OH is 2. The van der Waals surface area contributed by atoms with E-state index in [4.69, 9.17) is 14.9 Å². The maximum atomic E-state index is 8.11. The minimum absolute atomic E-state index is 0.139. The van der Waals surface area contributed by atoms with Crippen LogP contribution in [0.25, 0.3) is 0 Å². The van der Waals surface area contributed by atoms with Gasteiger partial charge in [-0.3, -0.25) is 0 Å². The highest BCUT2D eigenvalue weighted by Crippen LogP contribution is 2.11. The molecule has 0 bridgehead atoms. The minimum atomic E-state index is -0.560. The first-order valence-corrected chi connectivity index (χ1v) is 5.90. The quantitative estimate of drug-likeness (QED) is 0.691. The summed E-state index contributed by atoms with van der Waals surface area (Å²) in [5.41, 5.74) is 0. The van der Waals surface area contributed by atoms with Gasteiger partial charge in [-0.2, -0.15) is 0 Å². The average molecular weight is 220 g/mol. The summed E-state index contributed by atoms with van der Waals surface area (Å²) in [6, 6.07) is 0. The molecule has 0 rings (SSSR count). The molecule has 0 aromatic rings. The molecule has 0 aromatic carbocycles. The van der Waals surface area contributed by atoms with Gasteiger partial charge in [0.2, 0.25) is 0 Å². The fourth-order valence-corrected chi connectivity index (χ4v) is 1.13. The summed E-state index contributed by atoms with van der Waals surface area (Å²) in [6.07, 6.45) is 4.69. The molecule has 0 amide bonds. The molecule has 0 aromatic heterocycles. The molecule has 0 radical (unpaired) electrons. The van der Waals surface area contributed by atoms with Crippen molar-refractivity contribution < 1.29 is 14.9 Å². The van der Waals surface area contributed by atoms with E-state index in [-0.39, 0.29) is 6.61 Å². The van der Waals surface area contributed by atoms with Gasteiger partial charge in [0.05, 0.1) is 12.7 Å². The van der Waals surface area contributed by atoms with Crippen molar-refractivity contribution in [3.05, 3.63) is 0 Å². The Balaban J connectivity index is 0. The first kappa shape index (κ1) is 17.3. The van der Waals surface area contributed by atoms with Crippen LogP contribution in [0.2, 0.25) is 0 Å². The van der Waals surface area contributed by atoms with E-state index in [2.05, 4.69) is 13.8 Å². The van der Waals surface area contributed by atoms with Crippen LogP contribution in [0.3, 0.4) is 0 Å². The third kappa shape index (κ3) is 16.5. The fraction of sp³-hybridized carbons (Fsp3) is 1.00. The monoisotopic (exact) mass is 220 g/mol. The Bertz CT molecular complexity index is 105. The lowest BCUT2D eigenvalue weighted by molar-refractivity contribution is 0.110. The van der Waals surface area contributed by atoms with Crippen molar-refractivity contribution in [1.82, 2.24) is 0 Å². The Labute approximate surface area is 94.5 Å². The van der Waals surface area contributed by atoms with Crippen LogP contribution in [0.4, 0.5) is 0 Å². The summed E-state index contributed by atoms with van der Waals surface area (Å²) in [5.74, 6) is 0.796. The second kappa shape index (κ2) is 13.9. The molecule has 0 spiro atoms. The van der Waals surface area contributed by atoms with Crippen molar-refractivity contribution in [1.29, 1.82) is 0 Å². The van der Waals surface area contributed by atoms with Gasteiger partial charge >= 0.3 is 0 Å². The molecular weight excluding hydrogens is 192 g/mol. The van der Waals surface area contributed by atoms with Crippen molar-refractivity contribution in [2.75, 3.05) is 20.3 Å². The molecule has 0 saturated heterocycles. The van der Waals surface area contributed by atoms with Crippen molar-refractivity contribution in [2.24, 2.45) is 5.92 Å². The molecule has 3 heteroatoms. The Hall–Kier alpha value is -0.120. The molecule has 2 unspecified atom stereocenters. The second-order valence-corrected chi connectivity index (χ2v) is 3.90. The number of ether oxygens (including phenoxy) is 1. The molecule has 0 fully saturated rings. The molecule has 0 aliphatic heterocycles. The second-order valence-electron chi connectivity index (χ2n) is 3.90. The van der Waals surface area contributed by atoms with E-state index in [1.54, 1.807) is 7.11 Å². The Kier molecular flexibility index (Phi) is 16.0. The van der Waals surface area contributed by atoms with Crippen LogP contribution in [0, 0.1) is 5.92 Å². The van der Waals surface area contributed by atoms with Gasteiger partial charge in [-0.15, -0.1) is 0 Å².